The number of amides is 1. The van der Waals surface area contributed by atoms with E-state index in [4.69, 9.17) is 17.4 Å². The molecule has 0 bridgehead atoms. The molecular weight excluding hydrogens is 342 g/mol. The van der Waals surface area contributed by atoms with Crippen LogP contribution in [0.4, 0.5) is 11.4 Å². The zero-order valence-corrected chi connectivity index (χ0v) is 13.0. The first-order valence-corrected chi connectivity index (χ1v) is 7.02. The smallest absolute Gasteiger partial charge is 0.257 e. The molecule has 0 saturated carbocycles. The van der Waals surface area contributed by atoms with Gasteiger partial charge in [0.1, 0.15) is 0 Å². The molecule has 0 aliphatic carbocycles. The summed E-state index contributed by atoms with van der Waals surface area (Å²) in [5.74, 6) is 5.20. The van der Waals surface area contributed by atoms with E-state index in [1.165, 1.54) is 0 Å². The van der Waals surface area contributed by atoms with Gasteiger partial charge in [0.05, 0.1) is 16.3 Å². The van der Waals surface area contributed by atoms with E-state index in [2.05, 4.69) is 26.7 Å². The maximum Gasteiger partial charge on any atom is 0.257 e. The van der Waals surface area contributed by atoms with Crippen molar-refractivity contribution in [1.29, 1.82) is 0 Å². The van der Waals surface area contributed by atoms with Crippen molar-refractivity contribution < 1.29 is 4.79 Å². The van der Waals surface area contributed by atoms with Crippen molar-refractivity contribution in [3.8, 4) is 0 Å². The fourth-order valence-electron chi connectivity index (χ4n) is 1.75. The highest BCUT2D eigenvalue weighted by Crippen LogP contribution is 2.26. The Bertz CT molecular complexity index is 661. The van der Waals surface area contributed by atoms with Crippen molar-refractivity contribution in [3.63, 3.8) is 0 Å². The molecule has 1 amide bonds. The summed E-state index contributed by atoms with van der Waals surface area (Å²) in [6.07, 6.45) is 0. The predicted octanol–water partition coefficient (Wildman–Crippen LogP) is 3.95. The van der Waals surface area contributed by atoms with Crippen molar-refractivity contribution in [2.75, 3.05) is 10.7 Å². The van der Waals surface area contributed by atoms with Crippen LogP contribution in [-0.2, 0) is 0 Å². The molecule has 2 aromatic rings. The van der Waals surface area contributed by atoms with Crippen LogP contribution in [0.5, 0.6) is 0 Å². The molecule has 0 aliphatic heterocycles. The van der Waals surface area contributed by atoms with Crippen LogP contribution in [0, 0.1) is 6.92 Å². The summed E-state index contributed by atoms with van der Waals surface area (Å²) in [7, 11) is 0. The van der Waals surface area contributed by atoms with Gasteiger partial charge in [-0.15, -0.1) is 0 Å². The summed E-state index contributed by atoms with van der Waals surface area (Å²) < 4.78 is 0.720. The van der Waals surface area contributed by atoms with Gasteiger partial charge in [0, 0.05) is 10.2 Å². The Morgan fingerprint density at radius 1 is 1.25 bits per heavy atom. The number of carbonyl (C=O) groups excluding carboxylic acids is 1. The third-order valence-electron chi connectivity index (χ3n) is 2.75. The Balaban J connectivity index is 2.25. The number of aryl methyl sites for hydroxylation is 1. The van der Waals surface area contributed by atoms with Gasteiger partial charge < -0.3 is 10.7 Å². The van der Waals surface area contributed by atoms with Crippen molar-refractivity contribution >= 4 is 44.8 Å². The molecule has 104 valence electrons. The second kappa shape index (κ2) is 6.26. The topological polar surface area (TPSA) is 67.2 Å². The number of hydrogen-bond acceptors (Lipinski definition) is 3. The minimum atomic E-state index is -0.243. The van der Waals surface area contributed by atoms with E-state index in [0.717, 1.165) is 10.0 Å². The van der Waals surface area contributed by atoms with E-state index in [0.29, 0.717) is 22.0 Å². The molecule has 0 radical (unpaired) electrons. The Hall–Kier alpha value is -1.56. The van der Waals surface area contributed by atoms with Crippen molar-refractivity contribution in [2.24, 2.45) is 5.84 Å². The fourth-order valence-corrected chi connectivity index (χ4v) is 2.24. The number of anilines is 2. The van der Waals surface area contributed by atoms with Crippen LogP contribution in [0.25, 0.3) is 0 Å². The predicted molar refractivity (Wildman–Crippen MR) is 86.1 cm³/mol. The molecule has 0 heterocycles. The lowest BCUT2D eigenvalue weighted by Crippen LogP contribution is -2.17. The van der Waals surface area contributed by atoms with Crippen molar-refractivity contribution in [3.05, 3.63) is 57.0 Å². The lowest BCUT2D eigenvalue weighted by Gasteiger charge is -2.11. The summed E-state index contributed by atoms with van der Waals surface area (Å²) in [4.78, 5) is 12.2. The highest BCUT2D eigenvalue weighted by atomic mass is 79.9. The summed E-state index contributed by atoms with van der Waals surface area (Å²) >= 11 is 9.23. The molecule has 0 spiro atoms. The third kappa shape index (κ3) is 3.30. The molecule has 0 aliphatic rings. The number of carbonyl (C=O) groups is 1. The molecule has 4 nitrogen and oxygen atoms in total. The first-order valence-electron chi connectivity index (χ1n) is 5.85. The van der Waals surface area contributed by atoms with Gasteiger partial charge in [-0.1, -0.05) is 17.7 Å². The number of hydrogen-bond donors (Lipinski definition) is 3. The van der Waals surface area contributed by atoms with E-state index < -0.39 is 0 Å². The highest BCUT2D eigenvalue weighted by Gasteiger charge is 2.11. The minimum absolute atomic E-state index is 0.243. The maximum absolute atomic E-state index is 12.2. The Morgan fingerprint density at radius 3 is 2.65 bits per heavy atom. The van der Waals surface area contributed by atoms with Gasteiger partial charge in [0.15, 0.2) is 0 Å². The average molecular weight is 355 g/mol. The maximum atomic E-state index is 12.2. The van der Waals surface area contributed by atoms with Crippen LogP contribution in [0.15, 0.2) is 40.9 Å². The van der Waals surface area contributed by atoms with E-state index in [1.807, 2.05) is 19.1 Å². The first-order chi connectivity index (χ1) is 9.51. The van der Waals surface area contributed by atoms with Gasteiger partial charge in [-0.3, -0.25) is 10.6 Å². The van der Waals surface area contributed by atoms with Crippen LogP contribution in [-0.4, -0.2) is 5.91 Å². The average Bonchev–Trinajstić information content (AvgIpc) is 2.42. The van der Waals surface area contributed by atoms with E-state index in [9.17, 15) is 4.79 Å². The lowest BCUT2D eigenvalue weighted by atomic mass is 10.1. The largest absolute Gasteiger partial charge is 0.323 e. The normalized spacial score (nSPS) is 10.2. The SMILES string of the molecule is Cc1ccc(C(=O)Nc2ccc(Cl)c(Br)c2)c(NN)c1. The number of nitrogens with two attached hydrogens (primary N) is 1. The zero-order chi connectivity index (χ0) is 14.7. The van der Waals surface area contributed by atoms with Crippen LogP contribution in [0.3, 0.4) is 0 Å². The van der Waals surface area contributed by atoms with E-state index >= 15 is 0 Å². The van der Waals surface area contributed by atoms with Gasteiger partial charge in [-0.05, 0) is 58.7 Å². The molecule has 2 aromatic carbocycles. The van der Waals surface area contributed by atoms with Crippen molar-refractivity contribution in [2.45, 2.75) is 6.92 Å². The lowest BCUT2D eigenvalue weighted by molar-refractivity contribution is 0.102. The van der Waals surface area contributed by atoms with Gasteiger partial charge >= 0.3 is 0 Å². The van der Waals surface area contributed by atoms with Gasteiger partial charge in [0.2, 0.25) is 0 Å². The zero-order valence-electron chi connectivity index (χ0n) is 10.7. The number of hydrazine groups is 1. The molecule has 0 fully saturated rings. The molecule has 4 N–H and O–H groups in total. The molecule has 0 saturated heterocycles. The first kappa shape index (κ1) is 14.8. The molecular formula is C14H13BrClN3O. The molecule has 0 unspecified atom stereocenters. The molecule has 0 aromatic heterocycles. The van der Waals surface area contributed by atoms with Gasteiger partial charge in [-0.2, -0.15) is 0 Å². The van der Waals surface area contributed by atoms with Gasteiger partial charge in [-0.25, -0.2) is 0 Å². The summed E-state index contributed by atoms with van der Waals surface area (Å²) in [5, 5.41) is 3.38. The minimum Gasteiger partial charge on any atom is -0.323 e. The van der Waals surface area contributed by atoms with Gasteiger partial charge in [0.25, 0.3) is 5.91 Å². The second-order valence-corrected chi connectivity index (χ2v) is 5.54. The van der Waals surface area contributed by atoms with Crippen LogP contribution in [0.1, 0.15) is 15.9 Å². The summed E-state index contributed by atoms with van der Waals surface area (Å²) in [5.41, 5.74) is 5.25. The highest BCUT2D eigenvalue weighted by molar-refractivity contribution is 9.10. The third-order valence-corrected chi connectivity index (χ3v) is 3.97. The van der Waals surface area contributed by atoms with E-state index in [1.54, 1.807) is 24.3 Å². The summed E-state index contributed by atoms with van der Waals surface area (Å²) in [6, 6.07) is 10.6. The summed E-state index contributed by atoms with van der Waals surface area (Å²) in [6.45, 7) is 1.93. The fraction of sp³-hybridized carbons (Fsp3) is 0.0714. The molecule has 6 heteroatoms. The number of benzene rings is 2. The Kier molecular flexibility index (Phi) is 4.65. The van der Waals surface area contributed by atoms with Crippen LogP contribution >= 0.6 is 27.5 Å². The standard InChI is InChI=1S/C14H13BrClN3O/c1-8-2-4-10(13(6-8)19-17)14(20)18-9-3-5-12(16)11(15)7-9/h2-7,19H,17H2,1H3,(H,18,20). The number of nitrogens with one attached hydrogen (secondary N) is 2. The van der Waals surface area contributed by atoms with Crippen LogP contribution < -0.4 is 16.6 Å². The number of nitrogen functional groups attached to an aromatic ring is 1. The Labute approximate surface area is 130 Å². The molecule has 2 rings (SSSR count). The number of rotatable bonds is 3. The molecule has 0 atom stereocenters. The van der Waals surface area contributed by atoms with E-state index in [-0.39, 0.29) is 5.91 Å². The van der Waals surface area contributed by atoms with Crippen LogP contribution in [0.2, 0.25) is 5.02 Å². The molecule has 20 heavy (non-hydrogen) atoms. The Morgan fingerprint density at radius 2 is 2.00 bits per heavy atom. The quantitative estimate of drug-likeness (QED) is 0.577. The second-order valence-electron chi connectivity index (χ2n) is 4.28. The van der Waals surface area contributed by atoms with Crippen molar-refractivity contribution in [1.82, 2.24) is 0 Å². The monoisotopic (exact) mass is 353 g/mol. The number of halogens is 2.